The van der Waals surface area contributed by atoms with Crippen LogP contribution >= 0.6 is 11.8 Å². The number of nitrogens with one attached hydrogen (secondary N) is 2. The molecule has 3 unspecified atom stereocenters. The van der Waals surface area contributed by atoms with Crippen molar-refractivity contribution in [3.63, 3.8) is 0 Å². The number of rotatable bonds is 12. The van der Waals surface area contributed by atoms with Crippen LogP contribution in [0.3, 0.4) is 0 Å². The van der Waals surface area contributed by atoms with Gasteiger partial charge >= 0.3 is 0 Å². The zero-order chi connectivity index (χ0) is 15.3. The van der Waals surface area contributed by atoms with Gasteiger partial charge in [0, 0.05) is 36.7 Å². The molecule has 3 atom stereocenters. The van der Waals surface area contributed by atoms with Gasteiger partial charge in [0.2, 0.25) is 0 Å². The Morgan fingerprint density at radius 3 is 2.62 bits per heavy atom. The molecule has 3 N–H and O–H groups in total. The van der Waals surface area contributed by atoms with Crippen molar-refractivity contribution >= 4 is 11.8 Å². The summed E-state index contributed by atoms with van der Waals surface area (Å²) in [7, 11) is 0. The quantitative estimate of drug-likeness (QED) is 0.484. The van der Waals surface area contributed by atoms with Crippen LogP contribution in [0.25, 0.3) is 0 Å². The SMILES string of the molecule is CCCCCCCC(CC)SCC(O)CC1CNCCN1. The molecule has 1 heterocycles. The number of hydrogen-bond donors (Lipinski definition) is 3. The first-order valence-corrected chi connectivity index (χ1v) is 10.0. The van der Waals surface area contributed by atoms with Crippen molar-refractivity contribution < 1.29 is 5.11 Å². The number of hydrogen-bond acceptors (Lipinski definition) is 4. The largest absolute Gasteiger partial charge is 0.392 e. The van der Waals surface area contributed by atoms with Gasteiger partial charge in [-0.05, 0) is 19.3 Å². The molecule has 0 bridgehead atoms. The van der Waals surface area contributed by atoms with Crippen LogP contribution in [0.15, 0.2) is 0 Å². The normalized spacial score (nSPS) is 22.1. The average molecular weight is 317 g/mol. The van der Waals surface area contributed by atoms with Crippen molar-refractivity contribution in [2.45, 2.75) is 82.6 Å². The molecule has 4 heteroatoms. The molecule has 1 aliphatic rings. The number of thioether (sulfide) groups is 1. The highest BCUT2D eigenvalue weighted by molar-refractivity contribution is 7.99. The molecule has 0 spiro atoms. The lowest BCUT2D eigenvalue weighted by molar-refractivity contribution is 0.167. The second-order valence-electron chi connectivity index (χ2n) is 6.31. The van der Waals surface area contributed by atoms with Crippen LogP contribution in [-0.2, 0) is 0 Å². The molecule has 1 saturated heterocycles. The van der Waals surface area contributed by atoms with Crippen LogP contribution in [-0.4, -0.2) is 47.9 Å². The van der Waals surface area contributed by atoms with Crippen LogP contribution in [0.2, 0.25) is 0 Å². The Bertz CT molecular complexity index is 235. The van der Waals surface area contributed by atoms with E-state index in [-0.39, 0.29) is 6.10 Å². The predicted molar refractivity (Wildman–Crippen MR) is 95.2 cm³/mol. The van der Waals surface area contributed by atoms with E-state index >= 15 is 0 Å². The van der Waals surface area contributed by atoms with Gasteiger partial charge in [-0.25, -0.2) is 0 Å². The zero-order valence-electron chi connectivity index (χ0n) is 14.1. The number of unbranched alkanes of at least 4 members (excludes halogenated alkanes) is 4. The smallest absolute Gasteiger partial charge is 0.0646 e. The summed E-state index contributed by atoms with van der Waals surface area (Å²) in [5.74, 6) is 0.894. The molecule has 0 radical (unpaired) electrons. The minimum Gasteiger partial charge on any atom is -0.392 e. The van der Waals surface area contributed by atoms with Gasteiger partial charge in [0.1, 0.15) is 0 Å². The molecular formula is C17H36N2OS. The first-order chi connectivity index (χ1) is 10.3. The fraction of sp³-hybridized carbons (Fsp3) is 1.00. The zero-order valence-corrected chi connectivity index (χ0v) is 14.9. The third-order valence-electron chi connectivity index (χ3n) is 4.29. The maximum Gasteiger partial charge on any atom is 0.0646 e. The van der Waals surface area contributed by atoms with Crippen LogP contribution in [0.4, 0.5) is 0 Å². The Morgan fingerprint density at radius 1 is 1.14 bits per heavy atom. The molecule has 0 aromatic rings. The third-order valence-corrected chi connectivity index (χ3v) is 5.91. The van der Waals surface area contributed by atoms with Crippen molar-refractivity contribution in [1.29, 1.82) is 0 Å². The van der Waals surface area contributed by atoms with E-state index in [1.807, 2.05) is 11.8 Å². The van der Waals surface area contributed by atoms with Gasteiger partial charge in [-0.1, -0.05) is 46.0 Å². The molecule has 0 aromatic heterocycles. The standard InChI is InChI=1S/C17H36N2OS/c1-3-5-6-7-8-9-17(4-2)21-14-16(20)12-15-13-18-10-11-19-15/h15-20H,3-14H2,1-2H3. The van der Waals surface area contributed by atoms with Crippen molar-refractivity contribution in [3.05, 3.63) is 0 Å². The van der Waals surface area contributed by atoms with Gasteiger partial charge in [0.25, 0.3) is 0 Å². The van der Waals surface area contributed by atoms with Gasteiger partial charge in [0.15, 0.2) is 0 Å². The Hall–Kier alpha value is 0.230. The summed E-state index contributed by atoms with van der Waals surface area (Å²) < 4.78 is 0. The van der Waals surface area contributed by atoms with Crippen molar-refractivity contribution in [1.82, 2.24) is 10.6 Å². The molecule has 0 saturated carbocycles. The first kappa shape index (κ1) is 19.3. The van der Waals surface area contributed by atoms with E-state index in [0.717, 1.165) is 37.1 Å². The highest BCUT2D eigenvalue weighted by Crippen LogP contribution is 2.23. The summed E-state index contributed by atoms with van der Waals surface area (Å²) in [5.41, 5.74) is 0. The third kappa shape index (κ3) is 9.77. The highest BCUT2D eigenvalue weighted by Gasteiger charge is 2.17. The summed E-state index contributed by atoms with van der Waals surface area (Å²) in [6, 6.07) is 0.448. The minimum atomic E-state index is -0.165. The Labute approximate surface area is 136 Å². The summed E-state index contributed by atoms with van der Waals surface area (Å²) in [4.78, 5) is 0. The first-order valence-electron chi connectivity index (χ1n) is 9.00. The Balaban J connectivity index is 2.06. The number of aliphatic hydroxyl groups excluding tert-OH is 1. The predicted octanol–water partition coefficient (Wildman–Crippen LogP) is 3.17. The fourth-order valence-corrected chi connectivity index (χ4v) is 4.10. The molecule has 0 aliphatic carbocycles. The maximum absolute atomic E-state index is 10.2. The number of aliphatic hydroxyl groups is 1. The van der Waals surface area contributed by atoms with E-state index < -0.39 is 0 Å². The minimum absolute atomic E-state index is 0.165. The molecule has 1 rings (SSSR count). The summed E-state index contributed by atoms with van der Waals surface area (Å²) in [5, 5.41) is 17.8. The van der Waals surface area contributed by atoms with E-state index in [9.17, 15) is 5.11 Å². The molecule has 1 aliphatic heterocycles. The lowest BCUT2D eigenvalue weighted by atomic mass is 10.1. The van der Waals surface area contributed by atoms with Crippen molar-refractivity contribution in [3.8, 4) is 0 Å². The van der Waals surface area contributed by atoms with Gasteiger partial charge < -0.3 is 15.7 Å². The van der Waals surface area contributed by atoms with Crippen LogP contribution in [0, 0.1) is 0 Å². The van der Waals surface area contributed by atoms with Gasteiger partial charge in [-0.2, -0.15) is 11.8 Å². The van der Waals surface area contributed by atoms with Crippen molar-refractivity contribution in [2.75, 3.05) is 25.4 Å². The van der Waals surface area contributed by atoms with Gasteiger partial charge in [-0.15, -0.1) is 0 Å². The monoisotopic (exact) mass is 316 g/mol. The second-order valence-corrected chi connectivity index (χ2v) is 7.64. The van der Waals surface area contributed by atoms with Crippen LogP contribution in [0.5, 0.6) is 0 Å². The molecule has 0 amide bonds. The lowest BCUT2D eigenvalue weighted by Crippen LogP contribution is -2.49. The average Bonchev–Trinajstić information content (AvgIpc) is 2.51. The molecule has 126 valence electrons. The van der Waals surface area contributed by atoms with E-state index in [1.165, 1.54) is 44.9 Å². The van der Waals surface area contributed by atoms with Gasteiger partial charge in [-0.3, -0.25) is 0 Å². The summed E-state index contributed by atoms with van der Waals surface area (Å²) in [6.45, 7) is 7.62. The van der Waals surface area contributed by atoms with E-state index in [0.29, 0.717) is 6.04 Å². The van der Waals surface area contributed by atoms with Crippen molar-refractivity contribution in [2.24, 2.45) is 0 Å². The van der Waals surface area contributed by atoms with E-state index in [1.54, 1.807) is 0 Å². The van der Waals surface area contributed by atoms with Gasteiger partial charge in [0.05, 0.1) is 6.10 Å². The summed E-state index contributed by atoms with van der Waals surface area (Å²) >= 11 is 1.98. The molecular weight excluding hydrogens is 280 g/mol. The molecule has 3 nitrogen and oxygen atoms in total. The maximum atomic E-state index is 10.2. The molecule has 0 aromatic carbocycles. The second kappa shape index (κ2) is 12.7. The van der Waals surface area contributed by atoms with E-state index in [2.05, 4.69) is 24.5 Å². The van der Waals surface area contributed by atoms with Crippen LogP contribution < -0.4 is 10.6 Å². The highest BCUT2D eigenvalue weighted by atomic mass is 32.2. The van der Waals surface area contributed by atoms with E-state index in [4.69, 9.17) is 0 Å². The molecule has 1 fully saturated rings. The Morgan fingerprint density at radius 2 is 1.95 bits per heavy atom. The number of piperazine rings is 1. The fourth-order valence-electron chi connectivity index (χ4n) is 2.90. The lowest BCUT2D eigenvalue weighted by Gasteiger charge is -2.27. The van der Waals surface area contributed by atoms with Crippen LogP contribution in [0.1, 0.15) is 65.2 Å². The Kier molecular flexibility index (Phi) is 11.7. The molecule has 21 heavy (non-hydrogen) atoms. The summed E-state index contributed by atoms with van der Waals surface area (Å²) in [6.07, 6.45) is 10.1. The topological polar surface area (TPSA) is 44.3 Å².